The van der Waals surface area contributed by atoms with Crippen molar-refractivity contribution < 1.29 is 34.1 Å². The van der Waals surface area contributed by atoms with Gasteiger partial charge in [0.15, 0.2) is 0 Å². The van der Waals surface area contributed by atoms with Crippen molar-refractivity contribution in [3.8, 4) is 0 Å². The maximum absolute atomic E-state index is 13.5. The quantitative estimate of drug-likeness (QED) is 0.224. The Morgan fingerprint density at radius 2 is 1.55 bits per heavy atom. The second-order valence-corrected chi connectivity index (χ2v) is 12.2. The number of rotatable bonds is 14. The Morgan fingerprint density at radius 1 is 0.947 bits per heavy atom. The number of hydrogen-bond acceptors (Lipinski definition) is 6. The minimum atomic E-state index is -1.26. The van der Waals surface area contributed by atoms with E-state index in [2.05, 4.69) is 16.0 Å². The van der Waals surface area contributed by atoms with Crippen LogP contribution >= 0.6 is 0 Å². The molecule has 0 spiro atoms. The van der Waals surface area contributed by atoms with Crippen LogP contribution < -0.4 is 16.0 Å². The molecule has 1 saturated carbocycles. The SMILES string of the molecule is CCC(C)[C@H](NC(=O)[C@H](CC1CCCCC1)NC(=O)OC(C)(C)C)C(=O)N[C@@H](CC(C)C)C(O)CC(=O)O. The molecule has 0 aromatic carbocycles. The second kappa shape index (κ2) is 15.9. The molecule has 2 unspecified atom stereocenters. The van der Waals surface area contributed by atoms with E-state index in [9.17, 15) is 24.3 Å². The van der Waals surface area contributed by atoms with Gasteiger partial charge in [-0.2, -0.15) is 0 Å². The Labute approximate surface area is 228 Å². The van der Waals surface area contributed by atoms with E-state index in [1.54, 1.807) is 20.8 Å². The normalized spacial score (nSPS) is 18.6. The molecule has 0 radical (unpaired) electrons. The fraction of sp³-hybridized carbons (Fsp3) is 0.857. The number of hydrogen-bond donors (Lipinski definition) is 5. The summed E-state index contributed by atoms with van der Waals surface area (Å²) in [5.74, 6) is -1.98. The van der Waals surface area contributed by atoms with Crippen molar-refractivity contribution >= 4 is 23.9 Å². The van der Waals surface area contributed by atoms with Crippen LogP contribution in [0, 0.1) is 17.8 Å². The molecule has 10 nitrogen and oxygen atoms in total. The third-order valence-corrected chi connectivity index (χ3v) is 7.00. The molecule has 10 heteroatoms. The highest BCUT2D eigenvalue weighted by molar-refractivity contribution is 5.91. The number of amides is 3. The van der Waals surface area contributed by atoms with Gasteiger partial charge in [0.25, 0.3) is 0 Å². The summed E-state index contributed by atoms with van der Waals surface area (Å²) in [4.78, 5) is 50.6. The summed E-state index contributed by atoms with van der Waals surface area (Å²) in [5.41, 5.74) is -0.725. The van der Waals surface area contributed by atoms with E-state index in [0.29, 0.717) is 19.3 Å². The topological polar surface area (TPSA) is 154 Å². The number of nitrogens with one attached hydrogen (secondary N) is 3. The van der Waals surface area contributed by atoms with Crippen LogP contribution in [0.1, 0.15) is 106 Å². The average molecular weight is 542 g/mol. The molecule has 3 amide bonds. The molecule has 1 aliphatic carbocycles. The van der Waals surface area contributed by atoms with Crippen LogP contribution in [0.4, 0.5) is 4.79 Å². The number of carbonyl (C=O) groups is 4. The summed E-state index contributed by atoms with van der Waals surface area (Å²) >= 11 is 0. The zero-order chi connectivity index (χ0) is 29.0. The molecule has 0 bridgehead atoms. The molecule has 0 heterocycles. The average Bonchev–Trinajstić information content (AvgIpc) is 2.79. The van der Waals surface area contributed by atoms with Crippen LogP contribution in [0.15, 0.2) is 0 Å². The molecule has 38 heavy (non-hydrogen) atoms. The third-order valence-electron chi connectivity index (χ3n) is 7.00. The van der Waals surface area contributed by atoms with Gasteiger partial charge in [-0.3, -0.25) is 14.4 Å². The summed E-state index contributed by atoms with van der Waals surface area (Å²) in [7, 11) is 0. The molecular weight excluding hydrogens is 490 g/mol. The molecular formula is C28H51N3O7. The van der Waals surface area contributed by atoms with Gasteiger partial charge in [-0.05, 0) is 51.4 Å². The highest BCUT2D eigenvalue weighted by atomic mass is 16.6. The number of carboxylic acid groups (broad SMARTS) is 1. The summed E-state index contributed by atoms with van der Waals surface area (Å²) in [6.45, 7) is 12.8. The van der Waals surface area contributed by atoms with Crippen molar-refractivity contribution in [2.75, 3.05) is 0 Å². The fourth-order valence-electron chi connectivity index (χ4n) is 4.81. The molecule has 5 N–H and O–H groups in total. The Kier molecular flexibility index (Phi) is 14.1. The van der Waals surface area contributed by atoms with E-state index < -0.39 is 60.1 Å². The molecule has 0 saturated heterocycles. The Morgan fingerprint density at radius 3 is 2.05 bits per heavy atom. The zero-order valence-electron chi connectivity index (χ0n) is 24.3. The fourth-order valence-corrected chi connectivity index (χ4v) is 4.81. The zero-order valence-corrected chi connectivity index (χ0v) is 24.3. The number of ether oxygens (including phenoxy) is 1. The summed E-state index contributed by atoms with van der Waals surface area (Å²) in [6, 6.07) is -2.56. The van der Waals surface area contributed by atoms with E-state index in [0.717, 1.165) is 32.1 Å². The highest BCUT2D eigenvalue weighted by Crippen LogP contribution is 2.27. The van der Waals surface area contributed by atoms with Gasteiger partial charge in [0, 0.05) is 0 Å². The van der Waals surface area contributed by atoms with Crippen molar-refractivity contribution in [3.05, 3.63) is 0 Å². The Bertz CT molecular complexity index is 775. The van der Waals surface area contributed by atoms with Gasteiger partial charge in [0.1, 0.15) is 17.7 Å². The number of aliphatic hydroxyl groups excluding tert-OH is 1. The van der Waals surface area contributed by atoms with Gasteiger partial charge in [-0.25, -0.2) is 4.79 Å². The predicted octanol–water partition coefficient (Wildman–Crippen LogP) is 3.75. The second-order valence-electron chi connectivity index (χ2n) is 12.2. The number of aliphatic hydroxyl groups is 1. The van der Waals surface area contributed by atoms with E-state index in [4.69, 9.17) is 9.84 Å². The first-order valence-corrected chi connectivity index (χ1v) is 14.1. The standard InChI is InChI=1S/C28H51N3O7/c1-8-18(4)24(26(36)29-20(14-17(2)3)22(32)16-23(33)34)31-25(35)21(15-19-12-10-9-11-13-19)30-27(37)38-28(5,6)7/h17-22,24,32H,8-16H2,1-7H3,(H,29,36)(H,30,37)(H,31,35)(H,33,34)/t18?,20-,21-,22?,24-/m0/s1. The van der Waals surface area contributed by atoms with Crippen molar-refractivity contribution in [2.24, 2.45) is 17.8 Å². The van der Waals surface area contributed by atoms with Crippen LogP contribution in [-0.2, 0) is 19.1 Å². The van der Waals surface area contributed by atoms with Crippen LogP contribution in [0.3, 0.4) is 0 Å². The van der Waals surface area contributed by atoms with Crippen molar-refractivity contribution in [1.29, 1.82) is 0 Å². The lowest BCUT2D eigenvalue weighted by Crippen LogP contribution is -2.58. The molecule has 1 fully saturated rings. The molecule has 1 aliphatic rings. The monoisotopic (exact) mass is 541 g/mol. The summed E-state index contributed by atoms with van der Waals surface area (Å²) in [5, 5.41) is 27.9. The number of carbonyl (C=O) groups excluding carboxylic acids is 3. The van der Waals surface area contributed by atoms with Crippen LogP contribution in [0.2, 0.25) is 0 Å². The van der Waals surface area contributed by atoms with Crippen LogP contribution in [-0.4, -0.2) is 63.9 Å². The number of aliphatic carboxylic acids is 1. The van der Waals surface area contributed by atoms with E-state index in [1.807, 2.05) is 27.7 Å². The molecule has 0 aromatic heterocycles. The third kappa shape index (κ3) is 12.9. The molecule has 220 valence electrons. The molecule has 1 rings (SSSR count). The highest BCUT2D eigenvalue weighted by Gasteiger charge is 2.34. The Balaban J connectivity index is 3.09. The summed E-state index contributed by atoms with van der Waals surface area (Å²) in [6.07, 6.45) is 4.26. The van der Waals surface area contributed by atoms with Gasteiger partial charge in [0.2, 0.25) is 11.8 Å². The number of carboxylic acids is 1. The van der Waals surface area contributed by atoms with Crippen molar-refractivity contribution in [1.82, 2.24) is 16.0 Å². The van der Waals surface area contributed by atoms with Gasteiger partial charge in [-0.15, -0.1) is 0 Å². The maximum Gasteiger partial charge on any atom is 0.408 e. The van der Waals surface area contributed by atoms with Gasteiger partial charge in [0.05, 0.1) is 18.6 Å². The van der Waals surface area contributed by atoms with Crippen molar-refractivity contribution in [3.63, 3.8) is 0 Å². The van der Waals surface area contributed by atoms with E-state index in [-0.39, 0.29) is 17.8 Å². The van der Waals surface area contributed by atoms with Crippen molar-refractivity contribution in [2.45, 2.75) is 136 Å². The predicted molar refractivity (Wildman–Crippen MR) is 145 cm³/mol. The van der Waals surface area contributed by atoms with E-state index >= 15 is 0 Å². The van der Waals surface area contributed by atoms with Gasteiger partial charge in [-0.1, -0.05) is 66.2 Å². The lowest BCUT2D eigenvalue weighted by atomic mass is 9.84. The molecule has 5 atom stereocenters. The first kappa shape index (κ1) is 33.7. The van der Waals surface area contributed by atoms with Gasteiger partial charge < -0.3 is 30.9 Å². The van der Waals surface area contributed by atoms with Crippen LogP contribution in [0.25, 0.3) is 0 Å². The first-order valence-electron chi connectivity index (χ1n) is 14.1. The minimum Gasteiger partial charge on any atom is -0.481 e. The lowest BCUT2D eigenvalue weighted by Gasteiger charge is -2.32. The molecule has 0 aromatic rings. The van der Waals surface area contributed by atoms with E-state index in [1.165, 1.54) is 0 Å². The van der Waals surface area contributed by atoms with Gasteiger partial charge >= 0.3 is 12.1 Å². The smallest absolute Gasteiger partial charge is 0.408 e. The largest absolute Gasteiger partial charge is 0.481 e. The number of alkyl carbamates (subject to hydrolysis) is 1. The Hall–Kier alpha value is -2.36. The molecule has 0 aliphatic heterocycles. The van der Waals surface area contributed by atoms with Crippen LogP contribution in [0.5, 0.6) is 0 Å². The lowest BCUT2D eigenvalue weighted by molar-refractivity contribution is -0.140. The minimum absolute atomic E-state index is 0.0956. The first-order chi connectivity index (χ1) is 17.6. The maximum atomic E-state index is 13.5. The summed E-state index contributed by atoms with van der Waals surface area (Å²) < 4.78 is 5.39.